The van der Waals surface area contributed by atoms with Crippen LogP contribution in [0.1, 0.15) is 20.3 Å². The third kappa shape index (κ3) is 4.20. The van der Waals surface area contributed by atoms with E-state index < -0.39 is 11.8 Å². The fourth-order valence-corrected chi connectivity index (χ4v) is 1.62. The van der Waals surface area contributed by atoms with Crippen molar-refractivity contribution in [2.24, 2.45) is 0 Å². The molecule has 0 aliphatic heterocycles. The number of anilines is 1. The van der Waals surface area contributed by atoms with Crippen molar-refractivity contribution in [2.75, 3.05) is 5.32 Å². The Balaban J connectivity index is 2.67. The summed E-state index contributed by atoms with van der Waals surface area (Å²) in [5, 5.41) is 5.73. The minimum Gasteiger partial charge on any atom is -0.345 e. The van der Waals surface area contributed by atoms with E-state index in [1.54, 1.807) is 12.1 Å². The highest BCUT2D eigenvalue weighted by molar-refractivity contribution is 6.42. The Bertz CT molecular complexity index is 463. The van der Waals surface area contributed by atoms with Gasteiger partial charge in [-0.05, 0) is 31.5 Å². The van der Waals surface area contributed by atoms with Crippen LogP contribution in [-0.4, -0.2) is 17.9 Å². The molecule has 2 N–H and O–H groups in total. The van der Waals surface area contributed by atoms with E-state index in [0.717, 1.165) is 6.42 Å². The van der Waals surface area contributed by atoms with Crippen molar-refractivity contribution in [2.45, 2.75) is 26.3 Å². The molecule has 1 rings (SSSR count). The van der Waals surface area contributed by atoms with E-state index >= 15 is 0 Å². The van der Waals surface area contributed by atoms with Gasteiger partial charge >= 0.3 is 11.8 Å². The van der Waals surface area contributed by atoms with Crippen molar-refractivity contribution in [3.05, 3.63) is 28.2 Å². The van der Waals surface area contributed by atoms with Gasteiger partial charge in [0.1, 0.15) is 0 Å². The SMILES string of the molecule is CC[C@H](C)NC(=O)C(=O)Nc1ccc(Cl)cc1Cl. The highest BCUT2D eigenvalue weighted by atomic mass is 35.5. The van der Waals surface area contributed by atoms with Gasteiger partial charge in [-0.3, -0.25) is 9.59 Å². The third-order valence-electron chi connectivity index (χ3n) is 2.38. The lowest BCUT2D eigenvalue weighted by Crippen LogP contribution is -2.40. The first kappa shape index (κ1) is 14.8. The highest BCUT2D eigenvalue weighted by Gasteiger charge is 2.16. The first-order chi connectivity index (χ1) is 8.43. The lowest BCUT2D eigenvalue weighted by Gasteiger charge is -2.11. The molecule has 0 radical (unpaired) electrons. The number of carbonyl (C=O) groups is 2. The average molecular weight is 289 g/mol. The summed E-state index contributed by atoms with van der Waals surface area (Å²) >= 11 is 11.6. The van der Waals surface area contributed by atoms with Gasteiger partial charge in [-0.25, -0.2) is 0 Å². The van der Waals surface area contributed by atoms with Crippen molar-refractivity contribution in [1.29, 1.82) is 0 Å². The van der Waals surface area contributed by atoms with Gasteiger partial charge in [-0.1, -0.05) is 30.1 Å². The first-order valence-corrected chi connectivity index (χ1v) is 6.26. The Hall–Kier alpha value is -1.26. The number of hydrogen-bond acceptors (Lipinski definition) is 2. The van der Waals surface area contributed by atoms with E-state index in [4.69, 9.17) is 23.2 Å². The van der Waals surface area contributed by atoms with Gasteiger partial charge in [-0.15, -0.1) is 0 Å². The number of carbonyl (C=O) groups excluding carboxylic acids is 2. The Morgan fingerprint density at radius 3 is 2.50 bits per heavy atom. The molecule has 0 saturated carbocycles. The second-order valence-corrected chi connectivity index (χ2v) is 4.70. The summed E-state index contributed by atoms with van der Waals surface area (Å²) in [6, 6.07) is 4.56. The van der Waals surface area contributed by atoms with Crippen LogP contribution in [0.4, 0.5) is 5.69 Å². The Labute approximate surface area is 116 Å². The summed E-state index contributed by atoms with van der Waals surface area (Å²) in [6.45, 7) is 3.74. The number of benzene rings is 1. The number of amides is 2. The molecule has 6 heteroatoms. The number of rotatable bonds is 3. The van der Waals surface area contributed by atoms with Crippen LogP contribution >= 0.6 is 23.2 Å². The van der Waals surface area contributed by atoms with Crippen molar-refractivity contribution < 1.29 is 9.59 Å². The van der Waals surface area contributed by atoms with E-state index in [-0.39, 0.29) is 11.1 Å². The number of nitrogens with one attached hydrogen (secondary N) is 2. The molecule has 1 aromatic rings. The molecule has 18 heavy (non-hydrogen) atoms. The number of halogens is 2. The van der Waals surface area contributed by atoms with Crippen LogP contribution in [0.25, 0.3) is 0 Å². The monoisotopic (exact) mass is 288 g/mol. The van der Waals surface area contributed by atoms with Gasteiger partial charge in [0.15, 0.2) is 0 Å². The molecule has 0 aromatic heterocycles. The predicted molar refractivity (Wildman–Crippen MR) is 73.0 cm³/mol. The molecule has 0 unspecified atom stereocenters. The normalized spacial score (nSPS) is 11.8. The van der Waals surface area contributed by atoms with Crippen LogP contribution in [0.5, 0.6) is 0 Å². The van der Waals surface area contributed by atoms with Gasteiger partial charge < -0.3 is 10.6 Å². The molecule has 0 aliphatic carbocycles. The minimum absolute atomic E-state index is 0.0519. The van der Waals surface area contributed by atoms with Gasteiger partial charge in [0.2, 0.25) is 0 Å². The summed E-state index contributed by atoms with van der Waals surface area (Å²) in [7, 11) is 0. The predicted octanol–water partition coefficient (Wildman–Crippen LogP) is 2.85. The van der Waals surface area contributed by atoms with E-state index in [9.17, 15) is 9.59 Å². The van der Waals surface area contributed by atoms with E-state index in [0.29, 0.717) is 10.7 Å². The van der Waals surface area contributed by atoms with Crippen LogP contribution < -0.4 is 10.6 Å². The quantitative estimate of drug-likeness (QED) is 0.841. The molecule has 1 aromatic carbocycles. The fraction of sp³-hybridized carbons (Fsp3) is 0.333. The molecular formula is C12H14Cl2N2O2. The summed E-state index contributed by atoms with van der Waals surface area (Å²) in [6.07, 6.45) is 0.751. The second-order valence-electron chi connectivity index (χ2n) is 3.86. The standard InChI is InChI=1S/C12H14Cl2N2O2/c1-3-7(2)15-11(17)12(18)16-10-5-4-8(13)6-9(10)14/h4-7H,3H2,1-2H3,(H,15,17)(H,16,18)/t7-/m0/s1. The highest BCUT2D eigenvalue weighted by Crippen LogP contribution is 2.25. The lowest BCUT2D eigenvalue weighted by atomic mass is 10.2. The zero-order valence-corrected chi connectivity index (χ0v) is 11.6. The molecule has 0 bridgehead atoms. The summed E-state index contributed by atoms with van der Waals surface area (Å²) < 4.78 is 0. The van der Waals surface area contributed by atoms with Crippen molar-refractivity contribution in [1.82, 2.24) is 5.32 Å². The minimum atomic E-state index is -0.750. The Morgan fingerprint density at radius 2 is 1.94 bits per heavy atom. The summed E-state index contributed by atoms with van der Waals surface area (Å²) in [5.74, 6) is -1.44. The van der Waals surface area contributed by atoms with Crippen LogP contribution in [0.15, 0.2) is 18.2 Å². The van der Waals surface area contributed by atoms with Gasteiger partial charge in [-0.2, -0.15) is 0 Å². The molecule has 1 atom stereocenters. The van der Waals surface area contributed by atoms with Crippen LogP contribution in [0.2, 0.25) is 10.0 Å². The zero-order valence-electron chi connectivity index (χ0n) is 10.1. The second kappa shape index (κ2) is 6.61. The first-order valence-electron chi connectivity index (χ1n) is 5.51. The van der Waals surface area contributed by atoms with E-state index in [1.807, 2.05) is 13.8 Å². The topological polar surface area (TPSA) is 58.2 Å². The molecular weight excluding hydrogens is 275 g/mol. The van der Waals surface area contributed by atoms with Crippen LogP contribution in [-0.2, 0) is 9.59 Å². The summed E-state index contributed by atoms with van der Waals surface area (Å²) in [5.41, 5.74) is 0.352. The lowest BCUT2D eigenvalue weighted by molar-refractivity contribution is -0.136. The molecule has 0 fully saturated rings. The molecule has 0 aliphatic rings. The molecule has 4 nitrogen and oxygen atoms in total. The van der Waals surface area contributed by atoms with E-state index in [2.05, 4.69) is 10.6 Å². The van der Waals surface area contributed by atoms with Gasteiger partial charge in [0.25, 0.3) is 0 Å². The molecule has 0 saturated heterocycles. The third-order valence-corrected chi connectivity index (χ3v) is 2.92. The Kier molecular flexibility index (Phi) is 5.44. The zero-order chi connectivity index (χ0) is 13.7. The van der Waals surface area contributed by atoms with Crippen LogP contribution in [0, 0.1) is 0 Å². The summed E-state index contributed by atoms with van der Waals surface area (Å²) in [4.78, 5) is 23.1. The van der Waals surface area contributed by atoms with Crippen molar-refractivity contribution in [3.63, 3.8) is 0 Å². The maximum Gasteiger partial charge on any atom is 0.313 e. The van der Waals surface area contributed by atoms with Crippen LogP contribution in [0.3, 0.4) is 0 Å². The molecule has 98 valence electrons. The molecule has 0 heterocycles. The van der Waals surface area contributed by atoms with E-state index in [1.165, 1.54) is 6.07 Å². The fourth-order valence-electron chi connectivity index (χ4n) is 1.16. The van der Waals surface area contributed by atoms with Gasteiger partial charge in [0.05, 0.1) is 10.7 Å². The number of hydrogen-bond donors (Lipinski definition) is 2. The molecule has 0 spiro atoms. The van der Waals surface area contributed by atoms with Crippen molar-refractivity contribution >= 4 is 40.7 Å². The van der Waals surface area contributed by atoms with Gasteiger partial charge in [0, 0.05) is 11.1 Å². The smallest absolute Gasteiger partial charge is 0.313 e. The maximum absolute atomic E-state index is 11.6. The Morgan fingerprint density at radius 1 is 1.28 bits per heavy atom. The largest absolute Gasteiger partial charge is 0.345 e. The molecule has 2 amide bonds. The average Bonchev–Trinajstić information content (AvgIpc) is 2.32. The van der Waals surface area contributed by atoms with Crippen molar-refractivity contribution in [3.8, 4) is 0 Å². The maximum atomic E-state index is 11.6.